The highest BCUT2D eigenvalue weighted by molar-refractivity contribution is 9.10. The number of hydrogen-bond acceptors (Lipinski definition) is 4. The predicted molar refractivity (Wildman–Crippen MR) is 109 cm³/mol. The van der Waals surface area contributed by atoms with Crippen LogP contribution in [0.15, 0.2) is 63.4 Å². The van der Waals surface area contributed by atoms with Crippen molar-refractivity contribution in [1.82, 2.24) is 4.57 Å². The molecular formula is C19H18BrN3O2S. The summed E-state index contributed by atoms with van der Waals surface area (Å²) in [4.78, 5) is 16.3. The Bertz CT molecular complexity index is 1010. The summed E-state index contributed by atoms with van der Waals surface area (Å²) in [6.07, 6.45) is 0.929. The van der Waals surface area contributed by atoms with Crippen LogP contribution < -0.4 is 4.80 Å². The van der Waals surface area contributed by atoms with E-state index in [1.54, 1.807) is 18.2 Å². The molecule has 2 aromatic carbocycles. The lowest BCUT2D eigenvalue weighted by molar-refractivity contribution is -0.384. The number of nitrogens with zero attached hydrogens (tertiary/aromatic N) is 3. The highest BCUT2D eigenvalue weighted by Crippen LogP contribution is 2.31. The highest BCUT2D eigenvalue weighted by Gasteiger charge is 2.16. The van der Waals surface area contributed by atoms with Gasteiger partial charge in [-0.1, -0.05) is 53.2 Å². The molecule has 1 atom stereocenters. The zero-order valence-corrected chi connectivity index (χ0v) is 16.8. The third kappa shape index (κ3) is 3.64. The number of para-hydroxylation sites is 2. The van der Waals surface area contributed by atoms with Crippen molar-refractivity contribution in [1.29, 1.82) is 0 Å². The summed E-state index contributed by atoms with van der Waals surface area (Å²) in [5.41, 5.74) is 2.51. The number of halogens is 1. The van der Waals surface area contributed by atoms with Crippen LogP contribution in [0.4, 0.5) is 11.4 Å². The van der Waals surface area contributed by atoms with Crippen molar-refractivity contribution in [2.75, 3.05) is 0 Å². The minimum Gasteiger partial charge on any atom is -0.314 e. The molecule has 0 spiro atoms. The van der Waals surface area contributed by atoms with E-state index in [0.717, 1.165) is 27.0 Å². The summed E-state index contributed by atoms with van der Waals surface area (Å²) in [5.74, 6) is 0. The van der Waals surface area contributed by atoms with Gasteiger partial charge < -0.3 is 4.57 Å². The average molecular weight is 432 g/mol. The van der Waals surface area contributed by atoms with Crippen LogP contribution >= 0.6 is 27.3 Å². The molecule has 134 valence electrons. The van der Waals surface area contributed by atoms with E-state index in [0.29, 0.717) is 5.69 Å². The first-order chi connectivity index (χ1) is 12.5. The maximum atomic E-state index is 11.3. The molecule has 0 aliphatic carbocycles. The minimum absolute atomic E-state index is 0.0130. The Morgan fingerprint density at radius 2 is 1.92 bits per heavy atom. The summed E-state index contributed by atoms with van der Waals surface area (Å²) in [7, 11) is 0. The van der Waals surface area contributed by atoms with Crippen LogP contribution in [-0.2, 0) is 0 Å². The predicted octanol–water partition coefficient (Wildman–Crippen LogP) is 6.09. The number of aromatic nitrogens is 1. The number of nitro groups is 1. The van der Waals surface area contributed by atoms with Crippen molar-refractivity contribution >= 4 is 38.6 Å². The lowest BCUT2D eigenvalue weighted by atomic mass is 10.1. The molecule has 0 amide bonds. The van der Waals surface area contributed by atoms with Gasteiger partial charge >= 0.3 is 0 Å². The fourth-order valence-corrected chi connectivity index (χ4v) is 4.18. The molecule has 26 heavy (non-hydrogen) atoms. The third-order valence-corrected chi connectivity index (χ3v) is 5.75. The molecule has 0 fully saturated rings. The third-order valence-electron chi connectivity index (χ3n) is 4.22. The Morgan fingerprint density at radius 1 is 1.23 bits per heavy atom. The molecule has 0 aliphatic heterocycles. The van der Waals surface area contributed by atoms with Crippen molar-refractivity contribution in [3.8, 4) is 11.3 Å². The van der Waals surface area contributed by atoms with E-state index in [1.807, 2.05) is 18.2 Å². The van der Waals surface area contributed by atoms with E-state index in [-0.39, 0.29) is 11.7 Å². The maximum Gasteiger partial charge on any atom is 0.294 e. The van der Waals surface area contributed by atoms with E-state index < -0.39 is 4.92 Å². The van der Waals surface area contributed by atoms with Crippen molar-refractivity contribution < 1.29 is 4.92 Å². The van der Waals surface area contributed by atoms with Gasteiger partial charge in [-0.3, -0.25) is 10.1 Å². The molecule has 0 bridgehead atoms. The zero-order valence-electron chi connectivity index (χ0n) is 14.4. The Hall–Kier alpha value is -2.25. The van der Waals surface area contributed by atoms with Gasteiger partial charge in [0.1, 0.15) is 5.69 Å². The first-order valence-electron chi connectivity index (χ1n) is 8.26. The normalized spacial score (nSPS) is 13.0. The van der Waals surface area contributed by atoms with E-state index in [2.05, 4.69) is 50.8 Å². The highest BCUT2D eigenvalue weighted by atomic mass is 79.9. The van der Waals surface area contributed by atoms with Gasteiger partial charge in [-0.05, 0) is 25.5 Å². The van der Waals surface area contributed by atoms with Gasteiger partial charge in [-0.25, -0.2) is 4.99 Å². The van der Waals surface area contributed by atoms with Crippen LogP contribution in [0.1, 0.15) is 26.3 Å². The van der Waals surface area contributed by atoms with Crippen LogP contribution in [-0.4, -0.2) is 9.49 Å². The van der Waals surface area contributed by atoms with Crippen LogP contribution in [0, 0.1) is 10.1 Å². The Kier molecular flexibility index (Phi) is 5.68. The molecule has 3 aromatic rings. The molecule has 1 heterocycles. The fraction of sp³-hybridized carbons (Fsp3) is 0.211. The van der Waals surface area contributed by atoms with E-state index in [9.17, 15) is 10.1 Å². The summed E-state index contributed by atoms with van der Waals surface area (Å²) >= 11 is 5.11. The standard InChI is InChI=1S/C19H18BrN3O2S/c1-3-13(2)22-18(14-8-4-5-9-15(14)20)12-26-19(22)21-16-10-6-7-11-17(16)23(24)25/h4-13H,3H2,1-2H3. The summed E-state index contributed by atoms with van der Waals surface area (Å²) in [6.45, 7) is 4.25. The molecule has 0 radical (unpaired) electrons. The Labute approximate surface area is 163 Å². The second-order valence-corrected chi connectivity index (χ2v) is 7.56. The first kappa shape index (κ1) is 18.5. The lowest BCUT2D eigenvalue weighted by Gasteiger charge is -2.16. The number of benzene rings is 2. The molecule has 0 saturated heterocycles. The molecule has 0 N–H and O–H groups in total. The van der Waals surface area contributed by atoms with Crippen LogP contribution in [0.2, 0.25) is 0 Å². The largest absolute Gasteiger partial charge is 0.314 e. The van der Waals surface area contributed by atoms with Crippen molar-refractivity contribution in [2.45, 2.75) is 26.3 Å². The molecule has 0 saturated carbocycles. The molecule has 0 aliphatic rings. The van der Waals surface area contributed by atoms with Gasteiger partial charge in [0.05, 0.1) is 10.6 Å². The molecule has 7 heteroatoms. The summed E-state index contributed by atoms with van der Waals surface area (Å²) in [5, 5.41) is 13.3. The second kappa shape index (κ2) is 7.97. The van der Waals surface area contributed by atoms with Crippen LogP contribution in [0.5, 0.6) is 0 Å². The maximum absolute atomic E-state index is 11.3. The van der Waals surface area contributed by atoms with Crippen LogP contribution in [0.25, 0.3) is 11.3 Å². The number of hydrogen-bond donors (Lipinski definition) is 0. The molecule has 5 nitrogen and oxygen atoms in total. The average Bonchev–Trinajstić information content (AvgIpc) is 3.05. The van der Waals surface area contributed by atoms with Crippen molar-refractivity contribution in [3.63, 3.8) is 0 Å². The Morgan fingerprint density at radius 3 is 2.62 bits per heavy atom. The van der Waals surface area contributed by atoms with Gasteiger partial charge in [-0.2, -0.15) is 0 Å². The summed E-state index contributed by atoms with van der Waals surface area (Å²) < 4.78 is 3.16. The zero-order chi connectivity index (χ0) is 18.7. The van der Waals surface area contributed by atoms with Crippen molar-refractivity contribution in [2.24, 2.45) is 4.99 Å². The smallest absolute Gasteiger partial charge is 0.294 e. The number of thiazole rings is 1. The van der Waals surface area contributed by atoms with Crippen LogP contribution in [0.3, 0.4) is 0 Å². The molecule has 3 rings (SSSR count). The number of rotatable bonds is 5. The van der Waals surface area contributed by atoms with Gasteiger partial charge in [0.25, 0.3) is 5.69 Å². The SMILES string of the molecule is CCC(C)n1c(-c2ccccc2Br)csc1=Nc1ccccc1[N+](=O)[O-]. The number of nitro benzene ring substituents is 1. The van der Waals surface area contributed by atoms with E-state index in [1.165, 1.54) is 17.4 Å². The topological polar surface area (TPSA) is 60.4 Å². The monoisotopic (exact) mass is 431 g/mol. The van der Waals surface area contributed by atoms with Gasteiger partial charge in [-0.15, -0.1) is 11.3 Å². The lowest BCUT2D eigenvalue weighted by Crippen LogP contribution is -2.19. The van der Waals surface area contributed by atoms with Gasteiger partial charge in [0.2, 0.25) is 0 Å². The van der Waals surface area contributed by atoms with E-state index >= 15 is 0 Å². The van der Waals surface area contributed by atoms with Gasteiger partial charge in [0, 0.05) is 27.5 Å². The summed E-state index contributed by atoms with van der Waals surface area (Å²) in [6, 6.07) is 14.8. The first-order valence-corrected chi connectivity index (χ1v) is 9.93. The van der Waals surface area contributed by atoms with Gasteiger partial charge in [0.15, 0.2) is 4.80 Å². The molecule has 1 aromatic heterocycles. The molecular weight excluding hydrogens is 414 g/mol. The Balaban J connectivity index is 2.24. The molecule has 1 unspecified atom stereocenters. The quantitative estimate of drug-likeness (QED) is 0.362. The van der Waals surface area contributed by atoms with Crippen molar-refractivity contribution in [3.05, 3.63) is 73.3 Å². The van der Waals surface area contributed by atoms with E-state index in [4.69, 9.17) is 0 Å². The fourth-order valence-electron chi connectivity index (χ4n) is 2.69. The second-order valence-electron chi connectivity index (χ2n) is 5.87. The minimum atomic E-state index is -0.394.